The van der Waals surface area contributed by atoms with E-state index in [-0.39, 0.29) is 18.9 Å². The standard InChI is InChI=1S/C21H25NO5/c1-4-25-18-11-8-16(12-19(18)26-5-2)13-21(24)27-14-20(23)22-17-9-6-15(3)7-10-17/h6-12H,4-5,13-14H2,1-3H3,(H,22,23). The third-order valence-corrected chi connectivity index (χ3v) is 3.66. The SMILES string of the molecule is CCOc1ccc(CC(=O)OCC(=O)Nc2ccc(C)cc2)cc1OCC. The first-order valence-corrected chi connectivity index (χ1v) is 8.92. The minimum absolute atomic E-state index is 0.0459. The van der Waals surface area contributed by atoms with Crippen molar-refractivity contribution in [3.05, 3.63) is 53.6 Å². The van der Waals surface area contributed by atoms with Crippen molar-refractivity contribution in [2.45, 2.75) is 27.2 Å². The molecule has 2 rings (SSSR count). The zero-order chi connectivity index (χ0) is 19.6. The lowest BCUT2D eigenvalue weighted by Crippen LogP contribution is -2.21. The fourth-order valence-electron chi connectivity index (χ4n) is 2.40. The first-order chi connectivity index (χ1) is 13.0. The Balaban J connectivity index is 1.86. The third-order valence-electron chi connectivity index (χ3n) is 3.66. The second-order valence-electron chi connectivity index (χ2n) is 5.90. The van der Waals surface area contributed by atoms with Crippen LogP contribution >= 0.6 is 0 Å². The van der Waals surface area contributed by atoms with Gasteiger partial charge in [-0.2, -0.15) is 0 Å². The summed E-state index contributed by atoms with van der Waals surface area (Å²) < 4.78 is 16.1. The molecule has 6 heteroatoms. The van der Waals surface area contributed by atoms with Crippen LogP contribution in [0.3, 0.4) is 0 Å². The topological polar surface area (TPSA) is 73.9 Å². The van der Waals surface area contributed by atoms with Crippen LogP contribution < -0.4 is 14.8 Å². The van der Waals surface area contributed by atoms with Crippen LogP contribution in [0.15, 0.2) is 42.5 Å². The lowest BCUT2D eigenvalue weighted by atomic mass is 10.1. The number of carbonyl (C=O) groups is 2. The number of benzene rings is 2. The zero-order valence-corrected chi connectivity index (χ0v) is 15.9. The molecule has 0 heterocycles. The highest BCUT2D eigenvalue weighted by Gasteiger charge is 2.12. The van der Waals surface area contributed by atoms with E-state index < -0.39 is 5.97 Å². The summed E-state index contributed by atoms with van der Waals surface area (Å²) in [5.41, 5.74) is 2.49. The van der Waals surface area contributed by atoms with Gasteiger partial charge in [-0.1, -0.05) is 23.8 Å². The van der Waals surface area contributed by atoms with Gasteiger partial charge in [0, 0.05) is 5.69 Å². The first kappa shape index (κ1) is 20.3. The van der Waals surface area contributed by atoms with Crippen molar-refractivity contribution in [2.24, 2.45) is 0 Å². The molecule has 0 bridgehead atoms. The summed E-state index contributed by atoms with van der Waals surface area (Å²) >= 11 is 0. The number of esters is 1. The lowest BCUT2D eigenvalue weighted by molar-refractivity contribution is -0.146. The summed E-state index contributed by atoms with van der Waals surface area (Å²) in [7, 11) is 0. The number of rotatable bonds is 9. The van der Waals surface area contributed by atoms with Gasteiger partial charge >= 0.3 is 5.97 Å². The van der Waals surface area contributed by atoms with Crippen LogP contribution in [0.25, 0.3) is 0 Å². The molecule has 1 N–H and O–H groups in total. The van der Waals surface area contributed by atoms with E-state index >= 15 is 0 Å². The molecule has 0 unspecified atom stereocenters. The van der Waals surface area contributed by atoms with Crippen molar-refractivity contribution in [3.63, 3.8) is 0 Å². The van der Waals surface area contributed by atoms with Gasteiger partial charge in [0.05, 0.1) is 19.6 Å². The molecule has 6 nitrogen and oxygen atoms in total. The minimum atomic E-state index is -0.485. The highest BCUT2D eigenvalue weighted by Crippen LogP contribution is 2.28. The number of amides is 1. The average molecular weight is 371 g/mol. The molecule has 0 saturated heterocycles. The Morgan fingerprint density at radius 2 is 1.59 bits per heavy atom. The predicted molar refractivity (Wildman–Crippen MR) is 103 cm³/mol. The van der Waals surface area contributed by atoms with Gasteiger partial charge < -0.3 is 19.5 Å². The Hall–Kier alpha value is -3.02. The van der Waals surface area contributed by atoms with E-state index in [0.717, 1.165) is 11.1 Å². The molecule has 144 valence electrons. The van der Waals surface area contributed by atoms with Gasteiger partial charge in [-0.3, -0.25) is 9.59 Å². The van der Waals surface area contributed by atoms with Gasteiger partial charge in [-0.15, -0.1) is 0 Å². The number of aryl methyl sites for hydroxylation is 1. The predicted octanol–water partition coefficient (Wildman–Crippen LogP) is 3.52. The Bertz CT molecular complexity index is 771. The summed E-state index contributed by atoms with van der Waals surface area (Å²) in [4.78, 5) is 23.9. The zero-order valence-electron chi connectivity index (χ0n) is 15.9. The van der Waals surface area contributed by atoms with E-state index in [2.05, 4.69) is 5.32 Å². The van der Waals surface area contributed by atoms with Crippen LogP contribution in [0.2, 0.25) is 0 Å². The van der Waals surface area contributed by atoms with E-state index in [1.807, 2.05) is 32.9 Å². The molecular weight excluding hydrogens is 346 g/mol. The monoisotopic (exact) mass is 371 g/mol. The smallest absolute Gasteiger partial charge is 0.310 e. The number of ether oxygens (including phenoxy) is 3. The molecule has 0 radical (unpaired) electrons. The largest absolute Gasteiger partial charge is 0.490 e. The maximum absolute atomic E-state index is 12.0. The Labute approximate surface area is 159 Å². The molecule has 0 aliphatic rings. The highest BCUT2D eigenvalue weighted by atomic mass is 16.5. The van der Waals surface area contributed by atoms with Gasteiger partial charge in [0.2, 0.25) is 0 Å². The van der Waals surface area contributed by atoms with Crippen LogP contribution in [0.4, 0.5) is 5.69 Å². The van der Waals surface area contributed by atoms with E-state index in [0.29, 0.717) is 30.4 Å². The highest BCUT2D eigenvalue weighted by molar-refractivity contribution is 5.92. The van der Waals surface area contributed by atoms with Crippen LogP contribution in [0.1, 0.15) is 25.0 Å². The van der Waals surface area contributed by atoms with Crippen molar-refractivity contribution in [1.29, 1.82) is 0 Å². The average Bonchev–Trinajstić information content (AvgIpc) is 2.64. The first-order valence-electron chi connectivity index (χ1n) is 8.92. The van der Waals surface area contributed by atoms with Crippen LogP contribution in [0, 0.1) is 6.92 Å². The molecular formula is C21H25NO5. The maximum Gasteiger partial charge on any atom is 0.310 e. The summed E-state index contributed by atoms with van der Waals surface area (Å²) in [6.07, 6.45) is 0.0459. The van der Waals surface area contributed by atoms with Crippen molar-refractivity contribution < 1.29 is 23.8 Å². The number of hydrogen-bond acceptors (Lipinski definition) is 5. The van der Waals surface area contributed by atoms with Gasteiger partial charge in [0.15, 0.2) is 18.1 Å². The molecule has 2 aromatic rings. The lowest BCUT2D eigenvalue weighted by Gasteiger charge is -2.12. The van der Waals surface area contributed by atoms with E-state index in [1.54, 1.807) is 30.3 Å². The van der Waals surface area contributed by atoms with Crippen molar-refractivity contribution in [1.82, 2.24) is 0 Å². The normalized spacial score (nSPS) is 10.2. The summed E-state index contributed by atoms with van der Waals surface area (Å²) in [5, 5.41) is 2.68. The molecule has 27 heavy (non-hydrogen) atoms. The molecule has 0 aliphatic heterocycles. The second-order valence-corrected chi connectivity index (χ2v) is 5.90. The van der Waals surface area contributed by atoms with Crippen LogP contribution in [-0.2, 0) is 20.7 Å². The third kappa shape index (κ3) is 6.66. The van der Waals surface area contributed by atoms with Crippen molar-refractivity contribution >= 4 is 17.6 Å². The van der Waals surface area contributed by atoms with Gasteiger partial charge in [-0.05, 0) is 50.6 Å². The maximum atomic E-state index is 12.0. The van der Waals surface area contributed by atoms with E-state index in [4.69, 9.17) is 14.2 Å². The fraction of sp³-hybridized carbons (Fsp3) is 0.333. The minimum Gasteiger partial charge on any atom is -0.490 e. The van der Waals surface area contributed by atoms with E-state index in [1.165, 1.54) is 0 Å². The Morgan fingerprint density at radius 1 is 0.926 bits per heavy atom. The van der Waals surface area contributed by atoms with Gasteiger partial charge in [-0.25, -0.2) is 0 Å². The Morgan fingerprint density at radius 3 is 2.26 bits per heavy atom. The van der Waals surface area contributed by atoms with Crippen LogP contribution in [0.5, 0.6) is 11.5 Å². The second kappa shape index (κ2) is 10.2. The summed E-state index contributed by atoms with van der Waals surface area (Å²) in [6.45, 7) is 6.42. The molecule has 0 aromatic heterocycles. The Kier molecular flexibility index (Phi) is 7.67. The number of anilines is 1. The molecule has 0 saturated carbocycles. The quantitative estimate of drug-likeness (QED) is 0.683. The van der Waals surface area contributed by atoms with Crippen molar-refractivity contribution in [2.75, 3.05) is 25.1 Å². The number of carbonyl (C=O) groups excluding carboxylic acids is 2. The van der Waals surface area contributed by atoms with Crippen molar-refractivity contribution in [3.8, 4) is 11.5 Å². The molecule has 0 spiro atoms. The van der Waals surface area contributed by atoms with Gasteiger partial charge in [0.1, 0.15) is 0 Å². The van der Waals surface area contributed by atoms with E-state index in [9.17, 15) is 9.59 Å². The van der Waals surface area contributed by atoms with Gasteiger partial charge in [0.25, 0.3) is 5.91 Å². The molecule has 0 aliphatic carbocycles. The molecule has 2 aromatic carbocycles. The molecule has 0 atom stereocenters. The van der Waals surface area contributed by atoms with Crippen LogP contribution in [-0.4, -0.2) is 31.7 Å². The fourth-order valence-corrected chi connectivity index (χ4v) is 2.40. The summed E-state index contributed by atoms with van der Waals surface area (Å²) in [5.74, 6) is 0.352. The molecule has 1 amide bonds. The molecule has 0 fully saturated rings. The number of hydrogen-bond donors (Lipinski definition) is 1. The summed E-state index contributed by atoms with van der Waals surface area (Å²) in [6, 6.07) is 12.7. The number of nitrogens with one attached hydrogen (secondary N) is 1.